The van der Waals surface area contributed by atoms with E-state index in [-0.39, 0.29) is 11.8 Å². The Morgan fingerprint density at radius 3 is 2.96 bits per heavy atom. The number of hydrogen-bond acceptors (Lipinski definition) is 4. The summed E-state index contributed by atoms with van der Waals surface area (Å²) in [5, 5.41) is 8.75. The molecule has 2 atom stereocenters. The van der Waals surface area contributed by atoms with Gasteiger partial charge in [0, 0.05) is 32.5 Å². The van der Waals surface area contributed by atoms with Crippen molar-refractivity contribution in [3.05, 3.63) is 23.5 Å². The van der Waals surface area contributed by atoms with E-state index in [1.807, 2.05) is 4.90 Å². The molecule has 0 saturated heterocycles. The molecule has 1 amide bonds. The first-order valence-corrected chi connectivity index (χ1v) is 9.10. The molecule has 1 aliphatic heterocycles. The number of nitrogens with zero attached hydrogens (tertiary/aromatic N) is 4. The summed E-state index contributed by atoms with van der Waals surface area (Å²) in [4.78, 5) is 14.7. The van der Waals surface area contributed by atoms with E-state index in [9.17, 15) is 4.79 Å². The Morgan fingerprint density at radius 1 is 1.38 bits per heavy atom. The van der Waals surface area contributed by atoms with Gasteiger partial charge in [0.1, 0.15) is 5.69 Å². The second kappa shape index (κ2) is 6.67. The van der Waals surface area contributed by atoms with Gasteiger partial charge < -0.3 is 9.64 Å². The van der Waals surface area contributed by atoms with E-state index in [4.69, 9.17) is 4.74 Å². The van der Waals surface area contributed by atoms with E-state index in [1.54, 1.807) is 7.11 Å². The van der Waals surface area contributed by atoms with Crippen molar-refractivity contribution in [3.8, 4) is 0 Å². The third kappa shape index (κ3) is 3.24. The fraction of sp³-hybridized carbons (Fsp3) is 0.722. The number of hydrogen-bond donors (Lipinski definition) is 0. The summed E-state index contributed by atoms with van der Waals surface area (Å²) in [5.41, 5.74) is 2.15. The number of aromatic nitrogens is 3. The number of carbonyl (C=O) groups excluding carboxylic acids is 1. The molecular weight excluding hydrogens is 304 g/mol. The minimum absolute atomic E-state index is 0.176. The van der Waals surface area contributed by atoms with E-state index in [0.717, 1.165) is 31.0 Å². The summed E-state index contributed by atoms with van der Waals surface area (Å²) in [6.07, 6.45) is 9.77. The summed E-state index contributed by atoms with van der Waals surface area (Å²) in [5.74, 6) is 1.57. The van der Waals surface area contributed by atoms with Gasteiger partial charge in [0.15, 0.2) is 0 Å². The first-order valence-electron chi connectivity index (χ1n) is 9.10. The number of methoxy groups -OCH3 is 1. The number of carbonyl (C=O) groups is 1. The number of rotatable bonds is 6. The van der Waals surface area contributed by atoms with Gasteiger partial charge in [-0.05, 0) is 37.5 Å². The van der Waals surface area contributed by atoms with Crippen LogP contribution in [0.15, 0.2) is 12.2 Å². The summed E-state index contributed by atoms with van der Waals surface area (Å²) in [6, 6.07) is 0. The van der Waals surface area contributed by atoms with Crippen LogP contribution in [0.1, 0.15) is 49.4 Å². The number of ether oxygens (including phenoxy) is 1. The Kier molecular flexibility index (Phi) is 4.39. The van der Waals surface area contributed by atoms with Crippen LogP contribution < -0.4 is 0 Å². The molecule has 3 aliphatic rings. The van der Waals surface area contributed by atoms with Crippen LogP contribution >= 0.6 is 0 Å². The lowest BCUT2D eigenvalue weighted by Gasteiger charge is -2.32. The van der Waals surface area contributed by atoms with Gasteiger partial charge in [0.2, 0.25) is 5.91 Å². The van der Waals surface area contributed by atoms with Crippen LogP contribution in [0.25, 0.3) is 0 Å². The standard InChI is InChI=1S/C18H26N4O2/c1-24-12-15-10-21(17(23)8-13-4-2-3-5-13)11-16-18(15)22(20-19-16)9-14-6-7-14/h2,4,13-15H,3,5-12H2,1H3. The first-order chi connectivity index (χ1) is 11.7. The molecule has 2 unspecified atom stereocenters. The molecule has 1 aromatic heterocycles. The van der Waals surface area contributed by atoms with Crippen molar-refractivity contribution >= 4 is 5.91 Å². The Bertz CT molecular complexity index is 635. The van der Waals surface area contributed by atoms with E-state index in [1.165, 1.54) is 18.5 Å². The van der Waals surface area contributed by atoms with Crippen molar-refractivity contribution in [2.45, 2.75) is 51.1 Å². The predicted octanol–water partition coefficient (Wildman–Crippen LogP) is 2.12. The van der Waals surface area contributed by atoms with Gasteiger partial charge in [0.25, 0.3) is 0 Å². The average Bonchev–Trinajstić information content (AvgIpc) is 3.06. The smallest absolute Gasteiger partial charge is 0.223 e. The lowest BCUT2D eigenvalue weighted by atomic mass is 9.97. The van der Waals surface area contributed by atoms with Crippen LogP contribution in [-0.2, 0) is 22.6 Å². The first kappa shape index (κ1) is 15.8. The molecule has 2 heterocycles. The Hall–Kier alpha value is -1.69. The van der Waals surface area contributed by atoms with Crippen molar-refractivity contribution in [2.24, 2.45) is 11.8 Å². The van der Waals surface area contributed by atoms with Crippen molar-refractivity contribution in [1.82, 2.24) is 19.9 Å². The van der Waals surface area contributed by atoms with E-state index < -0.39 is 0 Å². The third-order valence-corrected chi connectivity index (χ3v) is 5.41. The maximum atomic E-state index is 12.7. The van der Waals surface area contributed by atoms with Crippen LogP contribution in [0.2, 0.25) is 0 Å². The molecule has 0 radical (unpaired) electrons. The summed E-state index contributed by atoms with van der Waals surface area (Å²) in [7, 11) is 1.72. The average molecular weight is 330 g/mol. The van der Waals surface area contributed by atoms with Gasteiger partial charge in [0.05, 0.1) is 18.8 Å². The van der Waals surface area contributed by atoms with Crippen molar-refractivity contribution < 1.29 is 9.53 Å². The van der Waals surface area contributed by atoms with Crippen LogP contribution in [-0.4, -0.2) is 46.1 Å². The zero-order valence-corrected chi connectivity index (χ0v) is 14.4. The maximum Gasteiger partial charge on any atom is 0.223 e. The Morgan fingerprint density at radius 2 is 2.25 bits per heavy atom. The van der Waals surface area contributed by atoms with Gasteiger partial charge >= 0.3 is 0 Å². The fourth-order valence-corrected chi connectivity index (χ4v) is 3.93. The van der Waals surface area contributed by atoms with Crippen molar-refractivity contribution in [3.63, 3.8) is 0 Å². The predicted molar refractivity (Wildman–Crippen MR) is 89.3 cm³/mol. The molecule has 6 heteroatoms. The van der Waals surface area contributed by atoms with Crippen LogP contribution in [0.4, 0.5) is 0 Å². The molecule has 1 aromatic rings. The molecule has 0 bridgehead atoms. The monoisotopic (exact) mass is 330 g/mol. The van der Waals surface area contributed by atoms with Gasteiger partial charge in [-0.2, -0.15) is 0 Å². The minimum Gasteiger partial charge on any atom is -0.384 e. The van der Waals surface area contributed by atoms with E-state index in [2.05, 4.69) is 27.1 Å². The number of fused-ring (bicyclic) bond motifs is 1. The maximum absolute atomic E-state index is 12.7. The molecule has 1 saturated carbocycles. The Balaban J connectivity index is 1.49. The topological polar surface area (TPSA) is 60.2 Å². The summed E-state index contributed by atoms with van der Waals surface area (Å²) < 4.78 is 7.49. The SMILES string of the molecule is COCC1CN(C(=O)CC2C=CCC2)Cc2nnn(CC3CC3)c21. The molecule has 24 heavy (non-hydrogen) atoms. The minimum atomic E-state index is 0.176. The number of amides is 1. The van der Waals surface area contributed by atoms with Gasteiger partial charge in [-0.15, -0.1) is 5.10 Å². The second-order valence-electron chi connectivity index (χ2n) is 7.44. The zero-order valence-electron chi connectivity index (χ0n) is 14.4. The summed E-state index contributed by atoms with van der Waals surface area (Å²) in [6.45, 7) is 2.88. The quantitative estimate of drug-likeness (QED) is 0.750. The molecule has 130 valence electrons. The molecule has 0 spiro atoms. The lowest BCUT2D eigenvalue weighted by Crippen LogP contribution is -2.40. The fourth-order valence-electron chi connectivity index (χ4n) is 3.93. The van der Waals surface area contributed by atoms with Crippen LogP contribution in [0.5, 0.6) is 0 Å². The van der Waals surface area contributed by atoms with E-state index in [0.29, 0.717) is 32.0 Å². The molecule has 0 N–H and O–H groups in total. The molecule has 4 rings (SSSR count). The molecule has 2 aliphatic carbocycles. The molecule has 1 fully saturated rings. The molecule has 6 nitrogen and oxygen atoms in total. The molecule has 0 aromatic carbocycles. The second-order valence-corrected chi connectivity index (χ2v) is 7.44. The number of allylic oxidation sites excluding steroid dienone is 2. The van der Waals surface area contributed by atoms with Crippen LogP contribution in [0.3, 0.4) is 0 Å². The van der Waals surface area contributed by atoms with Gasteiger partial charge in [-0.1, -0.05) is 17.4 Å². The van der Waals surface area contributed by atoms with Gasteiger partial charge in [-0.25, -0.2) is 4.68 Å². The zero-order chi connectivity index (χ0) is 16.5. The third-order valence-electron chi connectivity index (χ3n) is 5.41. The highest BCUT2D eigenvalue weighted by atomic mass is 16.5. The highest BCUT2D eigenvalue weighted by Gasteiger charge is 2.35. The van der Waals surface area contributed by atoms with Crippen molar-refractivity contribution in [1.29, 1.82) is 0 Å². The summed E-state index contributed by atoms with van der Waals surface area (Å²) >= 11 is 0. The van der Waals surface area contributed by atoms with Gasteiger partial charge in [-0.3, -0.25) is 4.79 Å². The highest BCUT2D eigenvalue weighted by Crippen LogP contribution is 2.34. The largest absolute Gasteiger partial charge is 0.384 e. The normalized spacial score (nSPS) is 26.0. The Labute approximate surface area is 142 Å². The van der Waals surface area contributed by atoms with E-state index >= 15 is 0 Å². The lowest BCUT2D eigenvalue weighted by molar-refractivity contribution is -0.133. The highest BCUT2D eigenvalue weighted by molar-refractivity contribution is 5.77. The molecular formula is C18H26N4O2. The van der Waals surface area contributed by atoms with Crippen LogP contribution in [0, 0.1) is 11.8 Å². The van der Waals surface area contributed by atoms with Crippen molar-refractivity contribution in [2.75, 3.05) is 20.3 Å².